The van der Waals surface area contributed by atoms with Crippen LogP contribution in [0.2, 0.25) is 0 Å². The molecule has 1 aliphatic carbocycles. The van der Waals surface area contributed by atoms with Crippen molar-refractivity contribution in [3.8, 4) is 0 Å². The Morgan fingerprint density at radius 2 is 1.81 bits per heavy atom. The van der Waals surface area contributed by atoms with Crippen LogP contribution < -0.4 is 5.73 Å². The third-order valence-electron chi connectivity index (χ3n) is 6.04. The normalized spacial score (nSPS) is 26.9. The van der Waals surface area contributed by atoms with Crippen molar-refractivity contribution in [3.05, 3.63) is 34.9 Å². The Morgan fingerprint density at radius 1 is 1.19 bits per heavy atom. The SMILES string of the molecule is CCC(C)(C)C1CCC(N)(Cc2cc(C)ccc2C)CC1. The molecule has 1 heteroatoms. The zero-order chi connectivity index (χ0) is 15.7. The summed E-state index contributed by atoms with van der Waals surface area (Å²) in [4.78, 5) is 0. The van der Waals surface area contributed by atoms with E-state index in [1.807, 2.05) is 0 Å². The quantitative estimate of drug-likeness (QED) is 0.812. The highest BCUT2D eigenvalue weighted by molar-refractivity contribution is 5.32. The second-order valence-corrected chi connectivity index (χ2v) is 8.09. The van der Waals surface area contributed by atoms with E-state index >= 15 is 0 Å². The molecule has 1 aliphatic rings. The van der Waals surface area contributed by atoms with Gasteiger partial charge in [0.05, 0.1) is 0 Å². The van der Waals surface area contributed by atoms with E-state index in [1.54, 1.807) is 0 Å². The molecule has 21 heavy (non-hydrogen) atoms. The second-order valence-electron chi connectivity index (χ2n) is 8.09. The van der Waals surface area contributed by atoms with E-state index in [1.165, 1.54) is 48.8 Å². The van der Waals surface area contributed by atoms with Gasteiger partial charge < -0.3 is 5.73 Å². The molecule has 0 saturated heterocycles. The first-order valence-electron chi connectivity index (χ1n) is 8.61. The Hall–Kier alpha value is -0.820. The van der Waals surface area contributed by atoms with E-state index in [0.717, 1.165) is 12.3 Å². The lowest BCUT2D eigenvalue weighted by atomic mass is 9.64. The van der Waals surface area contributed by atoms with Gasteiger partial charge in [0.15, 0.2) is 0 Å². The zero-order valence-electron chi connectivity index (χ0n) is 14.6. The smallest absolute Gasteiger partial charge is 0.0195 e. The van der Waals surface area contributed by atoms with E-state index in [0.29, 0.717) is 5.41 Å². The highest BCUT2D eigenvalue weighted by Gasteiger charge is 2.37. The predicted octanol–water partition coefficient (Wildman–Crippen LogP) is 5.17. The van der Waals surface area contributed by atoms with Gasteiger partial charge in [-0.25, -0.2) is 0 Å². The van der Waals surface area contributed by atoms with Gasteiger partial charge in [-0.1, -0.05) is 51.0 Å². The third kappa shape index (κ3) is 3.88. The van der Waals surface area contributed by atoms with Crippen LogP contribution in [0.1, 0.15) is 69.6 Å². The average molecular weight is 287 g/mol. The van der Waals surface area contributed by atoms with Gasteiger partial charge in [0.25, 0.3) is 0 Å². The van der Waals surface area contributed by atoms with Gasteiger partial charge in [-0.05, 0) is 68.4 Å². The number of rotatable bonds is 4. The summed E-state index contributed by atoms with van der Waals surface area (Å²) in [5, 5.41) is 0. The summed E-state index contributed by atoms with van der Waals surface area (Å²) in [7, 11) is 0. The van der Waals surface area contributed by atoms with Crippen LogP contribution in [0.15, 0.2) is 18.2 Å². The Labute approximate surface area is 131 Å². The molecule has 118 valence electrons. The van der Waals surface area contributed by atoms with E-state index in [9.17, 15) is 0 Å². The van der Waals surface area contributed by atoms with E-state index in [2.05, 4.69) is 52.8 Å². The van der Waals surface area contributed by atoms with Crippen LogP contribution in [-0.4, -0.2) is 5.54 Å². The number of aryl methyl sites for hydroxylation is 2. The highest BCUT2D eigenvalue weighted by atomic mass is 14.7. The molecule has 0 radical (unpaired) electrons. The Kier molecular flexibility index (Phi) is 4.82. The molecule has 1 aromatic rings. The van der Waals surface area contributed by atoms with Crippen molar-refractivity contribution in [2.24, 2.45) is 17.1 Å². The molecule has 0 unspecified atom stereocenters. The van der Waals surface area contributed by atoms with Gasteiger partial charge in [-0.2, -0.15) is 0 Å². The topological polar surface area (TPSA) is 26.0 Å². The average Bonchev–Trinajstić information content (AvgIpc) is 2.43. The first kappa shape index (κ1) is 16.5. The molecular weight excluding hydrogens is 254 g/mol. The maximum Gasteiger partial charge on any atom is 0.0195 e. The number of nitrogens with two attached hydrogens (primary N) is 1. The lowest BCUT2D eigenvalue weighted by molar-refractivity contribution is 0.115. The molecule has 0 aromatic heterocycles. The van der Waals surface area contributed by atoms with Crippen LogP contribution in [0.3, 0.4) is 0 Å². The molecule has 1 aromatic carbocycles. The summed E-state index contributed by atoms with van der Waals surface area (Å²) in [6.07, 6.45) is 7.25. The number of benzene rings is 1. The molecule has 0 spiro atoms. The fourth-order valence-electron chi connectivity index (χ4n) is 3.81. The fraction of sp³-hybridized carbons (Fsp3) is 0.700. The van der Waals surface area contributed by atoms with Crippen LogP contribution >= 0.6 is 0 Å². The first-order chi connectivity index (χ1) is 9.76. The van der Waals surface area contributed by atoms with Crippen LogP contribution in [0.4, 0.5) is 0 Å². The van der Waals surface area contributed by atoms with Crippen molar-refractivity contribution in [3.63, 3.8) is 0 Å². The number of hydrogen-bond donors (Lipinski definition) is 1. The molecule has 0 atom stereocenters. The lowest BCUT2D eigenvalue weighted by Gasteiger charge is -2.43. The zero-order valence-corrected chi connectivity index (χ0v) is 14.6. The molecule has 0 heterocycles. The molecular formula is C20H33N. The summed E-state index contributed by atoms with van der Waals surface area (Å²) >= 11 is 0. The van der Waals surface area contributed by atoms with E-state index in [-0.39, 0.29) is 5.54 Å². The summed E-state index contributed by atoms with van der Waals surface area (Å²) in [5.74, 6) is 0.845. The highest BCUT2D eigenvalue weighted by Crippen LogP contribution is 2.43. The van der Waals surface area contributed by atoms with E-state index in [4.69, 9.17) is 5.73 Å². The van der Waals surface area contributed by atoms with Gasteiger partial charge in [0, 0.05) is 5.54 Å². The van der Waals surface area contributed by atoms with Gasteiger partial charge >= 0.3 is 0 Å². The minimum absolute atomic E-state index is 0.0128. The Balaban J connectivity index is 2.04. The van der Waals surface area contributed by atoms with Crippen molar-refractivity contribution >= 4 is 0 Å². The Bertz CT molecular complexity index is 479. The predicted molar refractivity (Wildman–Crippen MR) is 92.6 cm³/mol. The first-order valence-corrected chi connectivity index (χ1v) is 8.61. The number of hydrogen-bond acceptors (Lipinski definition) is 1. The summed E-state index contributed by atoms with van der Waals surface area (Å²) in [5.41, 5.74) is 11.4. The summed E-state index contributed by atoms with van der Waals surface area (Å²) in [6, 6.07) is 6.76. The molecule has 1 fully saturated rings. The molecule has 1 saturated carbocycles. The van der Waals surface area contributed by atoms with Crippen LogP contribution in [0, 0.1) is 25.2 Å². The van der Waals surface area contributed by atoms with Crippen molar-refractivity contribution < 1.29 is 0 Å². The van der Waals surface area contributed by atoms with Crippen LogP contribution in [0.25, 0.3) is 0 Å². The minimum atomic E-state index is 0.0128. The van der Waals surface area contributed by atoms with Gasteiger partial charge in [0.1, 0.15) is 0 Å². The van der Waals surface area contributed by atoms with Gasteiger partial charge in [-0.3, -0.25) is 0 Å². The summed E-state index contributed by atoms with van der Waals surface area (Å²) in [6.45, 7) is 11.6. The van der Waals surface area contributed by atoms with Crippen LogP contribution in [-0.2, 0) is 6.42 Å². The lowest BCUT2D eigenvalue weighted by Crippen LogP contribution is -2.47. The standard InChI is InChI=1S/C20H33N/c1-6-19(4,5)18-9-11-20(21,12-10-18)14-17-13-15(2)7-8-16(17)3/h7-8,13,18H,6,9-12,14,21H2,1-5H3. The summed E-state index contributed by atoms with van der Waals surface area (Å²) < 4.78 is 0. The van der Waals surface area contributed by atoms with E-state index < -0.39 is 0 Å². The molecule has 0 bridgehead atoms. The van der Waals surface area contributed by atoms with Gasteiger partial charge in [-0.15, -0.1) is 0 Å². The largest absolute Gasteiger partial charge is 0.325 e. The molecule has 2 N–H and O–H groups in total. The monoisotopic (exact) mass is 287 g/mol. The molecule has 0 amide bonds. The second kappa shape index (κ2) is 6.12. The molecule has 2 rings (SSSR count). The molecule has 0 aliphatic heterocycles. The van der Waals surface area contributed by atoms with Crippen molar-refractivity contribution in [2.75, 3.05) is 0 Å². The van der Waals surface area contributed by atoms with Crippen molar-refractivity contribution in [2.45, 2.75) is 78.7 Å². The fourth-order valence-corrected chi connectivity index (χ4v) is 3.81. The van der Waals surface area contributed by atoms with Crippen molar-refractivity contribution in [1.82, 2.24) is 0 Å². The van der Waals surface area contributed by atoms with Gasteiger partial charge in [0.2, 0.25) is 0 Å². The van der Waals surface area contributed by atoms with Crippen molar-refractivity contribution in [1.29, 1.82) is 0 Å². The minimum Gasteiger partial charge on any atom is -0.325 e. The maximum atomic E-state index is 6.76. The van der Waals surface area contributed by atoms with Crippen LogP contribution in [0.5, 0.6) is 0 Å². The maximum absolute atomic E-state index is 6.76. The Morgan fingerprint density at radius 3 is 2.38 bits per heavy atom. The third-order valence-corrected chi connectivity index (χ3v) is 6.04. The molecule has 1 nitrogen and oxygen atoms in total.